The highest BCUT2D eigenvalue weighted by atomic mass is 16.5. The summed E-state index contributed by atoms with van der Waals surface area (Å²) in [5.41, 5.74) is 12.0. The van der Waals surface area contributed by atoms with Crippen LogP contribution in [0.15, 0.2) is 48.6 Å². The fourth-order valence-corrected chi connectivity index (χ4v) is 7.92. The van der Waals surface area contributed by atoms with Crippen molar-refractivity contribution in [3.8, 4) is 0 Å². The van der Waals surface area contributed by atoms with Crippen molar-refractivity contribution in [2.45, 2.75) is 219 Å². The molecule has 0 bridgehead atoms. The minimum absolute atomic E-state index is 0.0827. The van der Waals surface area contributed by atoms with Gasteiger partial charge in [-0.1, -0.05) is 172 Å². The number of nitrogens with zero attached hydrogens (tertiary/aromatic N) is 1. The molecule has 1 aliphatic rings. The second-order valence-electron chi connectivity index (χ2n) is 17.4. The number of unbranched alkanes of at least 4 members (excludes halogenated alkanes) is 23. The van der Waals surface area contributed by atoms with Crippen LogP contribution in [0.5, 0.6) is 0 Å². The molecule has 1 fully saturated rings. The van der Waals surface area contributed by atoms with Gasteiger partial charge in [-0.3, -0.25) is 4.79 Å². The van der Waals surface area contributed by atoms with Crippen LogP contribution in [0.2, 0.25) is 0 Å². The molecule has 3 atom stereocenters. The highest BCUT2D eigenvalue weighted by molar-refractivity contribution is 5.81. The molecular formula is C52H97N3O3. The third-order valence-electron chi connectivity index (χ3n) is 11.8. The van der Waals surface area contributed by atoms with Crippen molar-refractivity contribution in [2.75, 3.05) is 46.1 Å². The highest BCUT2D eigenvalue weighted by Crippen LogP contribution is 2.26. The number of allylic oxidation sites excluding steroid dienone is 8. The van der Waals surface area contributed by atoms with Crippen molar-refractivity contribution >= 4 is 5.91 Å². The van der Waals surface area contributed by atoms with Crippen LogP contribution in [0.25, 0.3) is 0 Å². The summed E-state index contributed by atoms with van der Waals surface area (Å²) in [7, 11) is 0. The Kier molecular flexibility index (Phi) is 40.6. The number of amides is 1. The molecule has 58 heavy (non-hydrogen) atoms. The van der Waals surface area contributed by atoms with Crippen LogP contribution in [0.1, 0.15) is 213 Å². The molecule has 1 aliphatic heterocycles. The molecule has 0 spiro atoms. The molecule has 1 saturated heterocycles. The van der Waals surface area contributed by atoms with Crippen molar-refractivity contribution < 1.29 is 14.3 Å². The maximum absolute atomic E-state index is 13.2. The fraction of sp³-hybridized carbons (Fsp3) is 0.827. The van der Waals surface area contributed by atoms with E-state index in [1.165, 1.54) is 154 Å². The molecule has 0 unspecified atom stereocenters. The third-order valence-corrected chi connectivity index (χ3v) is 11.8. The monoisotopic (exact) mass is 812 g/mol. The predicted octanol–water partition coefficient (Wildman–Crippen LogP) is 13.7. The molecule has 4 N–H and O–H groups in total. The first kappa shape index (κ1) is 54.3. The van der Waals surface area contributed by atoms with Gasteiger partial charge in [-0.25, -0.2) is 0 Å². The lowest BCUT2D eigenvalue weighted by atomic mass is 9.98. The van der Waals surface area contributed by atoms with E-state index in [1.54, 1.807) is 0 Å². The zero-order valence-corrected chi connectivity index (χ0v) is 38.5. The van der Waals surface area contributed by atoms with Gasteiger partial charge in [0.05, 0.1) is 19.3 Å². The first-order valence-electron chi connectivity index (χ1n) is 25.1. The average Bonchev–Trinajstić information content (AvgIpc) is 3.64. The van der Waals surface area contributed by atoms with E-state index < -0.39 is 6.04 Å². The van der Waals surface area contributed by atoms with E-state index in [9.17, 15) is 4.79 Å². The molecule has 0 aromatic carbocycles. The van der Waals surface area contributed by atoms with Gasteiger partial charge in [0.1, 0.15) is 0 Å². The maximum Gasteiger partial charge on any atom is 0.239 e. The molecule has 1 amide bonds. The first-order chi connectivity index (χ1) is 28.6. The van der Waals surface area contributed by atoms with Gasteiger partial charge in [-0.15, -0.1) is 0 Å². The molecular weight excluding hydrogens is 715 g/mol. The number of hydrogen-bond acceptors (Lipinski definition) is 5. The summed E-state index contributed by atoms with van der Waals surface area (Å²) in [6.07, 6.45) is 57.0. The Morgan fingerprint density at radius 1 is 0.517 bits per heavy atom. The molecule has 1 rings (SSSR count). The van der Waals surface area contributed by atoms with Crippen LogP contribution in [0.3, 0.4) is 0 Å². The lowest BCUT2D eigenvalue weighted by molar-refractivity contribution is -0.132. The lowest BCUT2D eigenvalue weighted by Gasteiger charge is -2.21. The highest BCUT2D eigenvalue weighted by Gasteiger charge is 2.36. The van der Waals surface area contributed by atoms with Crippen LogP contribution in [-0.2, 0) is 14.3 Å². The largest absolute Gasteiger partial charge is 0.381 e. The summed E-state index contributed by atoms with van der Waals surface area (Å²) in [5, 5.41) is 0. The minimum Gasteiger partial charge on any atom is -0.381 e. The van der Waals surface area contributed by atoms with E-state index in [2.05, 4.69) is 62.5 Å². The van der Waals surface area contributed by atoms with Crippen molar-refractivity contribution in [3.63, 3.8) is 0 Å². The van der Waals surface area contributed by atoms with Gasteiger partial charge in [0, 0.05) is 38.1 Å². The van der Waals surface area contributed by atoms with E-state index in [4.69, 9.17) is 20.9 Å². The van der Waals surface area contributed by atoms with E-state index in [0.717, 1.165) is 64.8 Å². The Labute approximate surface area is 360 Å². The van der Waals surface area contributed by atoms with Gasteiger partial charge in [0.2, 0.25) is 5.91 Å². The van der Waals surface area contributed by atoms with E-state index in [-0.39, 0.29) is 5.91 Å². The summed E-state index contributed by atoms with van der Waals surface area (Å²) in [4.78, 5) is 15.2. The zero-order chi connectivity index (χ0) is 41.8. The molecule has 0 radical (unpaired) electrons. The van der Waals surface area contributed by atoms with Gasteiger partial charge in [0.25, 0.3) is 0 Å². The number of hydrogen-bond donors (Lipinski definition) is 2. The molecule has 1 heterocycles. The Balaban J connectivity index is 2.16. The molecule has 0 aliphatic carbocycles. The van der Waals surface area contributed by atoms with Crippen LogP contribution < -0.4 is 11.5 Å². The van der Waals surface area contributed by atoms with Crippen molar-refractivity contribution in [3.05, 3.63) is 48.6 Å². The Hall–Kier alpha value is -1.73. The average molecular weight is 812 g/mol. The standard InChI is InChI=1S/C52H97N3O3/c1-3-5-7-9-11-13-15-17-19-21-23-25-27-29-31-33-35-39-43-57-47-49-45-55(52(56)51(54)41-37-38-42-53)46-50(49)48-58-44-40-36-34-32-30-28-26-24-22-20-18-16-14-12-10-8-6-4-2/h11-14,17-20,49-51H,3-10,15-16,21-48,53-54H2,1-2H3/t49-,50-,51-/m0/s1. The summed E-state index contributed by atoms with van der Waals surface area (Å²) in [6, 6.07) is -0.434. The van der Waals surface area contributed by atoms with Gasteiger partial charge in [-0.05, 0) is 96.4 Å². The van der Waals surface area contributed by atoms with Gasteiger partial charge >= 0.3 is 0 Å². The van der Waals surface area contributed by atoms with Crippen molar-refractivity contribution in [1.82, 2.24) is 4.90 Å². The Morgan fingerprint density at radius 2 is 0.879 bits per heavy atom. The number of likely N-dealkylation sites (tertiary alicyclic amines) is 1. The summed E-state index contributed by atoms with van der Waals surface area (Å²) < 4.78 is 12.5. The molecule has 338 valence electrons. The number of nitrogens with two attached hydrogens (primary N) is 2. The second kappa shape index (κ2) is 43.4. The smallest absolute Gasteiger partial charge is 0.239 e. The fourth-order valence-electron chi connectivity index (χ4n) is 7.92. The molecule has 0 saturated carbocycles. The number of rotatable bonds is 43. The first-order valence-corrected chi connectivity index (χ1v) is 25.1. The predicted molar refractivity (Wildman–Crippen MR) is 253 cm³/mol. The molecule has 6 heteroatoms. The summed E-state index contributed by atoms with van der Waals surface area (Å²) in [6.45, 7) is 9.67. The maximum atomic E-state index is 13.2. The quantitative estimate of drug-likeness (QED) is 0.0473. The number of carbonyl (C=O) groups is 1. The SMILES string of the molecule is CCCCCC=CCC=CCCCCCCCCCCOC[C@@H]1CN(C(=O)[C@@H](N)CCCCN)C[C@H]1COCCCCCCCCCCC=CCC=CCCCCC. The minimum atomic E-state index is -0.434. The van der Waals surface area contributed by atoms with Gasteiger partial charge < -0.3 is 25.8 Å². The molecule has 0 aromatic rings. The van der Waals surface area contributed by atoms with Crippen LogP contribution in [-0.4, -0.2) is 62.9 Å². The topological polar surface area (TPSA) is 90.8 Å². The summed E-state index contributed by atoms with van der Waals surface area (Å²) >= 11 is 0. The zero-order valence-electron chi connectivity index (χ0n) is 38.5. The van der Waals surface area contributed by atoms with Gasteiger partial charge in [0.15, 0.2) is 0 Å². The van der Waals surface area contributed by atoms with Crippen molar-refractivity contribution in [2.24, 2.45) is 23.3 Å². The van der Waals surface area contributed by atoms with Crippen LogP contribution >= 0.6 is 0 Å². The third kappa shape index (κ3) is 34.0. The van der Waals surface area contributed by atoms with E-state index >= 15 is 0 Å². The van der Waals surface area contributed by atoms with Crippen LogP contribution in [0.4, 0.5) is 0 Å². The van der Waals surface area contributed by atoms with E-state index in [1.807, 2.05) is 4.90 Å². The Morgan fingerprint density at radius 3 is 1.26 bits per heavy atom. The number of ether oxygens (including phenoxy) is 2. The van der Waals surface area contributed by atoms with Gasteiger partial charge in [-0.2, -0.15) is 0 Å². The molecule has 0 aromatic heterocycles. The normalized spacial score (nSPS) is 16.7. The van der Waals surface area contributed by atoms with E-state index in [0.29, 0.717) is 38.0 Å². The molecule has 6 nitrogen and oxygen atoms in total. The second-order valence-corrected chi connectivity index (χ2v) is 17.4. The van der Waals surface area contributed by atoms with Crippen LogP contribution in [0, 0.1) is 11.8 Å². The number of carbonyl (C=O) groups excluding carboxylic acids is 1. The lowest BCUT2D eigenvalue weighted by Crippen LogP contribution is -2.43. The van der Waals surface area contributed by atoms with Crippen molar-refractivity contribution in [1.29, 1.82) is 0 Å². The summed E-state index contributed by atoms with van der Waals surface area (Å²) in [5.74, 6) is 0.712. The Bertz CT molecular complexity index is 930.